The molecule has 86 valence electrons. The molecule has 0 aliphatic carbocycles. The lowest BCUT2D eigenvalue weighted by Gasteiger charge is -2.23. The van der Waals surface area contributed by atoms with Gasteiger partial charge in [0.25, 0.3) is 5.56 Å². The first-order valence-electron chi connectivity index (χ1n) is 5.18. The van der Waals surface area contributed by atoms with Gasteiger partial charge in [-0.15, -0.1) is 11.6 Å². The number of ether oxygens (including phenoxy) is 2. The Kier molecular flexibility index (Phi) is 2.19. The Labute approximate surface area is 97.0 Å². The van der Waals surface area contributed by atoms with E-state index in [-0.39, 0.29) is 11.8 Å². The highest BCUT2D eigenvalue weighted by molar-refractivity contribution is 6.18. The molecule has 1 aromatic heterocycles. The van der Waals surface area contributed by atoms with Crippen molar-refractivity contribution in [3.8, 4) is 6.01 Å². The number of aromatic nitrogens is 2. The predicted molar refractivity (Wildman–Crippen MR) is 56.8 cm³/mol. The summed E-state index contributed by atoms with van der Waals surface area (Å²) in [6.45, 7) is 0.351. The molecule has 16 heavy (non-hydrogen) atoms. The van der Waals surface area contributed by atoms with Crippen LogP contribution in [0.3, 0.4) is 0 Å². The molecule has 0 N–H and O–H groups in total. The first kappa shape index (κ1) is 10.1. The van der Waals surface area contributed by atoms with E-state index in [1.807, 2.05) is 0 Å². The van der Waals surface area contributed by atoms with Crippen molar-refractivity contribution in [2.75, 3.05) is 12.5 Å². The van der Waals surface area contributed by atoms with Gasteiger partial charge in [-0.25, -0.2) is 0 Å². The van der Waals surface area contributed by atoms with Gasteiger partial charge in [-0.3, -0.25) is 9.36 Å². The van der Waals surface area contributed by atoms with Gasteiger partial charge >= 0.3 is 6.01 Å². The zero-order chi connectivity index (χ0) is 11.2. The van der Waals surface area contributed by atoms with Gasteiger partial charge in [0, 0.05) is 12.3 Å². The highest BCUT2D eigenvalue weighted by Gasteiger charge is 2.44. The molecule has 6 heteroatoms. The molecular weight excluding hydrogens is 232 g/mol. The Morgan fingerprint density at radius 1 is 1.69 bits per heavy atom. The van der Waals surface area contributed by atoms with E-state index >= 15 is 0 Å². The molecule has 0 unspecified atom stereocenters. The second-order valence-corrected chi connectivity index (χ2v) is 4.44. The van der Waals surface area contributed by atoms with Crippen molar-refractivity contribution in [2.45, 2.75) is 24.7 Å². The summed E-state index contributed by atoms with van der Waals surface area (Å²) in [6.07, 6.45) is 3.27. The number of halogens is 1. The topological polar surface area (TPSA) is 53.4 Å². The monoisotopic (exact) mass is 242 g/mol. The van der Waals surface area contributed by atoms with Crippen LogP contribution in [0.15, 0.2) is 17.1 Å². The van der Waals surface area contributed by atoms with E-state index in [1.54, 1.807) is 10.8 Å². The van der Waals surface area contributed by atoms with E-state index in [2.05, 4.69) is 4.98 Å². The fraction of sp³-hybridized carbons (Fsp3) is 0.600. The van der Waals surface area contributed by atoms with Gasteiger partial charge < -0.3 is 9.47 Å². The summed E-state index contributed by atoms with van der Waals surface area (Å²) in [7, 11) is 0. The first-order chi connectivity index (χ1) is 7.72. The van der Waals surface area contributed by atoms with Crippen LogP contribution in [-0.4, -0.2) is 27.6 Å². The molecule has 2 aliphatic heterocycles. The molecule has 2 bridgehead atoms. The number of fused-ring (bicyclic) bond motifs is 4. The number of hydrogen-bond donors (Lipinski definition) is 0. The van der Waals surface area contributed by atoms with Crippen LogP contribution in [-0.2, 0) is 4.74 Å². The van der Waals surface area contributed by atoms with Crippen molar-refractivity contribution in [1.29, 1.82) is 0 Å². The van der Waals surface area contributed by atoms with Crippen molar-refractivity contribution in [1.82, 2.24) is 9.55 Å². The fourth-order valence-electron chi connectivity index (χ4n) is 2.15. The standard InChI is InChI=1S/C10H11ClN2O3/c11-5-10-3-1-8(16-10)13-4-2-7(14)12-9(13)15-6-10/h2,4,8H,1,3,5-6H2/t8-,10-/m1/s1. The van der Waals surface area contributed by atoms with Crippen molar-refractivity contribution < 1.29 is 9.47 Å². The molecule has 3 rings (SSSR count). The minimum atomic E-state index is -0.428. The van der Waals surface area contributed by atoms with Crippen molar-refractivity contribution in [3.05, 3.63) is 22.6 Å². The Morgan fingerprint density at radius 3 is 3.38 bits per heavy atom. The van der Waals surface area contributed by atoms with Gasteiger partial charge in [-0.05, 0) is 12.8 Å². The van der Waals surface area contributed by atoms with E-state index in [9.17, 15) is 4.79 Å². The summed E-state index contributed by atoms with van der Waals surface area (Å²) < 4.78 is 13.1. The molecule has 0 amide bonds. The fourth-order valence-corrected chi connectivity index (χ4v) is 2.42. The highest BCUT2D eigenvalue weighted by Crippen LogP contribution is 2.40. The molecule has 0 spiro atoms. The number of nitrogens with zero attached hydrogens (tertiary/aromatic N) is 2. The molecule has 1 fully saturated rings. The van der Waals surface area contributed by atoms with Crippen molar-refractivity contribution in [3.63, 3.8) is 0 Å². The van der Waals surface area contributed by atoms with Crippen LogP contribution >= 0.6 is 11.6 Å². The SMILES string of the molecule is O=c1ccn2c(n1)OC[C@]1(CCl)CC[C@H]2O1. The van der Waals surface area contributed by atoms with Crippen LogP contribution < -0.4 is 10.3 Å². The Bertz CT molecular complexity index is 475. The third-order valence-corrected chi connectivity index (χ3v) is 3.54. The second-order valence-electron chi connectivity index (χ2n) is 4.17. The minimum absolute atomic E-state index is 0.121. The van der Waals surface area contributed by atoms with Gasteiger partial charge in [-0.1, -0.05) is 0 Å². The molecule has 2 aliphatic rings. The first-order valence-corrected chi connectivity index (χ1v) is 5.72. The molecule has 2 atom stereocenters. The molecule has 0 radical (unpaired) electrons. The van der Waals surface area contributed by atoms with Gasteiger partial charge in [-0.2, -0.15) is 4.98 Å². The van der Waals surface area contributed by atoms with Gasteiger partial charge in [0.05, 0.1) is 5.88 Å². The predicted octanol–water partition coefficient (Wildman–Crippen LogP) is 0.922. The Morgan fingerprint density at radius 2 is 2.56 bits per heavy atom. The number of rotatable bonds is 1. The third kappa shape index (κ3) is 1.43. The molecule has 1 aromatic rings. The molecule has 0 saturated carbocycles. The van der Waals surface area contributed by atoms with Crippen LogP contribution in [0.4, 0.5) is 0 Å². The van der Waals surface area contributed by atoms with Crippen molar-refractivity contribution >= 4 is 11.6 Å². The normalized spacial score (nSPS) is 31.7. The molecule has 1 saturated heterocycles. The largest absolute Gasteiger partial charge is 0.461 e. The quantitative estimate of drug-likeness (QED) is 0.688. The van der Waals surface area contributed by atoms with E-state index in [0.717, 1.165) is 12.8 Å². The van der Waals surface area contributed by atoms with Gasteiger partial charge in [0.2, 0.25) is 0 Å². The van der Waals surface area contributed by atoms with Crippen LogP contribution in [0.5, 0.6) is 6.01 Å². The average molecular weight is 243 g/mol. The smallest absolute Gasteiger partial charge is 0.301 e. The summed E-state index contributed by atoms with van der Waals surface area (Å²) in [5.74, 6) is 0.391. The number of alkyl halides is 1. The van der Waals surface area contributed by atoms with E-state index in [1.165, 1.54) is 6.07 Å². The van der Waals surface area contributed by atoms with Gasteiger partial charge in [0.15, 0.2) is 0 Å². The van der Waals surface area contributed by atoms with Gasteiger partial charge in [0.1, 0.15) is 18.4 Å². The van der Waals surface area contributed by atoms with Crippen LogP contribution in [0.1, 0.15) is 19.1 Å². The summed E-state index contributed by atoms with van der Waals surface area (Å²) in [6, 6.07) is 1.73. The zero-order valence-corrected chi connectivity index (χ0v) is 9.31. The Hall–Kier alpha value is -1.07. The van der Waals surface area contributed by atoms with Crippen molar-refractivity contribution in [2.24, 2.45) is 0 Å². The maximum Gasteiger partial charge on any atom is 0.301 e. The summed E-state index contributed by atoms with van der Waals surface area (Å²) in [4.78, 5) is 15.0. The van der Waals surface area contributed by atoms with Crippen LogP contribution in [0.2, 0.25) is 0 Å². The average Bonchev–Trinajstić information content (AvgIpc) is 2.64. The second kappa shape index (κ2) is 3.46. The lowest BCUT2D eigenvalue weighted by Crippen LogP contribution is -2.36. The molecule has 0 aromatic carbocycles. The zero-order valence-electron chi connectivity index (χ0n) is 8.56. The molecule has 3 heterocycles. The lowest BCUT2D eigenvalue weighted by molar-refractivity contribution is -0.0603. The van der Waals surface area contributed by atoms with E-state index < -0.39 is 5.60 Å². The maximum absolute atomic E-state index is 11.1. The maximum atomic E-state index is 11.1. The number of hydrogen-bond acceptors (Lipinski definition) is 4. The molecule has 5 nitrogen and oxygen atoms in total. The summed E-state index contributed by atoms with van der Waals surface area (Å²) in [5.41, 5.74) is -0.730. The summed E-state index contributed by atoms with van der Waals surface area (Å²) in [5, 5.41) is 0. The molecular formula is C10H11ClN2O3. The lowest BCUT2D eigenvalue weighted by atomic mass is 10.0. The van der Waals surface area contributed by atoms with E-state index in [4.69, 9.17) is 21.1 Å². The van der Waals surface area contributed by atoms with Crippen LogP contribution in [0.25, 0.3) is 0 Å². The minimum Gasteiger partial charge on any atom is -0.461 e. The Balaban J connectivity index is 2.05. The summed E-state index contributed by atoms with van der Waals surface area (Å²) >= 11 is 5.91. The van der Waals surface area contributed by atoms with Crippen LogP contribution in [0, 0.1) is 0 Å². The van der Waals surface area contributed by atoms with E-state index in [0.29, 0.717) is 18.5 Å². The highest BCUT2D eigenvalue weighted by atomic mass is 35.5. The third-order valence-electron chi connectivity index (χ3n) is 3.06.